The molecule has 0 unspecified atom stereocenters. The number of nitrogens with one attached hydrogen (secondary N) is 2. The van der Waals surface area contributed by atoms with Gasteiger partial charge in [0.1, 0.15) is 0 Å². The summed E-state index contributed by atoms with van der Waals surface area (Å²) in [6.45, 7) is 10.1. The normalized spacial score (nSPS) is 11.1. The Bertz CT molecular complexity index is 879. The van der Waals surface area contributed by atoms with Crippen LogP contribution in [-0.4, -0.2) is 30.4 Å². The van der Waals surface area contributed by atoms with Gasteiger partial charge in [-0.1, -0.05) is 57.2 Å². The molecule has 0 bridgehead atoms. The zero-order chi connectivity index (χ0) is 22.3. The van der Waals surface area contributed by atoms with Gasteiger partial charge in [-0.25, -0.2) is 9.59 Å². The number of benzene rings is 2. The quantitative estimate of drug-likeness (QED) is 0.528. The number of Topliss-reactive ketones (excluding diaryl/α,β-unsaturated/α-hetero) is 1. The van der Waals surface area contributed by atoms with Crippen molar-refractivity contribution in [2.24, 2.45) is 0 Å². The van der Waals surface area contributed by atoms with E-state index in [1.54, 1.807) is 36.4 Å². The minimum absolute atomic E-state index is 0.00789. The highest BCUT2D eigenvalue weighted by molar-refractivity contribution is 5.99. The van der Waals surface area contributed by atoms with E-state index in [2.05, 4.69) is 31.4 Å². The summed E-state index contributed by atoms with van der Waals surface area (Å²) in [6, 6.07) is 13.9. The van der Waals surface area contributed by atoms with Crippen molar-refractivity contribution in [1.29, 1.82) is 0 Å². The molecule has 0 spiro atoms. The molecule has 160 valence electrons. The van der Waals surface area contributed by atoms with Crippen molar-refractivity contribution in [3.8, 4) is 0 Å². The second-order valence-corrected chi connectivity index (χ2v) is 8.51. The molecular weight excluding hydrogens is 380 g/mol. The summed E-state index contributed by atoms with van der Waals surface area (Å²) in [5, 5.41) is 5.48. The molecular formula is C24H30N2O4. The molecule has 2 amide bonds. The monoisotopic (exact) mass is 410 g/mol. The molecule has 0 fully saturated rings. The van der Waals surface area contributed by atoms with E-state index in [1.807, 2.05) is 26.0 Å². The Kier molecular flexibility index (Phi) is 7.75. The van der Waals surface area contributed by atoms with E-state index in [9.17, 15) is 14.4 Å². The van der Waals surface area contributed by atoms with E-state index < -0.39 is 5.97 Å². The molecule has 0 atom stereocenters. The van der Waals surface area contributed by atoms with Crippen molar-refractivity contribution in [3.63, 3.8) is 0 Å². The highest BCUT2D eigenvalue weighted by Gasteiger charge is 2.16. The van der Waals surface area contributed by atoms with E-state index in [0.717, 1.165) is 11.1 Å². The summed E-state index contributed by atoms with van der Waals surface area (Å²) in [6.07, 6.45) is 0. The Labute approximate surface area is 178 Å². The maximum atomic E-state index is 12.3. The van der Waals surface area contributed by atoms with Crippen LogP contribution in [-0.2, 0) is 16.7 Å². The first-order valence-electron chi connectivity index (χ1n) is 10.0. The van der Waals surface area contributed by atoms with Gasteiger partial charge in [0.05, 0.1) is 5.56 Å². The molecule has 0 aliphatic carbocycles. The number of ketones is 1. The lowest BCUT2D eigenvalue weighted by atomic mass is 9.86. The van der Waals surface area contributed by atoms with E-state index in [0.29, 0.717) is 17.7 Å². The van der Waals surface area contributed by atoms with Crippen molar-refractivity contribution in [3.05, 3.63) is 70.8 Å². The van der Waals surface area contributed by atoms with Crippen LogP contribution < -0.4 is 10.6 Å². The van der Waals surface area contributed by atoms with Gasteiger partial charge in [-0.05, 0) is 42.5 Å². The Balaban J connectivity index is 1.85. The molecule has 6 nitrogen and oxygen atoms in total. The summed E-state index contributed by atoms with van der Waals surface area (Å²) in [7, 11) is 0. The van der Waals surface area contributed by atoms with Crippen LogP contribution in [0.1, 0.15) is 66.5 Å². The SMILES string of the molecule is CC(C)NC(=O)NCc1ccc(C(=O)OCC(=O)c2ccc(C(C)(C)C)cc2)cc1. The van der Waals surface area contributed by atoms with Gasteiger partial charge < -0.3 is 15.4 Å². The van der Waals surface area contributed by atoms with Crippen LogP contribution in [0.3, 0.4) is 0 Å². The maximum absolute atomic E-state index is 12.3. The van der Waals surface area contributed by atoms with E-state index >= 15 is 0 Å². The predicted octanol–water partition coefficient (Wildman–Crippen LogP) is 4.23. The highest BCUT2D eigenvalue weighted by atomic mass is 16.5. The van der Waals surface area contributed by atoms with Crippen molar-refractivity contribution in [2.75, 3.05) is 6.61 Å². The molecule has 30 heavy (non-hydrogen) atoms. The van der Waals surface area contributed by atoms with Gasteiger partial charge in [-0.3, -0.25) is 4.79 Å². The first-order valence-corrected chi connectivity index (χ1v) is 10.0. The number of amides is 2. The Morgan fingerprint density at radius 2 is 1.47 bits per heavy atom. The lowest BCUT2D eigenvalue weighted by Gasteiger charge is -2.18. The minimum Gasteiger partial charge on any atom is -0.454 e. The summed E-state index contributed by atoms with van der Waals surface area (Å²) in [4.78, 5) is 36.1. The molecule has 0 aromatic heterocycles. The molecule has 0 saturated carbocycles. The van der Waals surface area contributed by atoms with Crippen LogP contribution in [0.2, 0.25) is 0 Å². The summed E-state index contributed by atoms with van der Waals surface area (Å²) >= 11 is 0. The van der Waals surface area contributed by atoms with Crippen LogP contribution in [0.25, 0.3) is 0 Å². The van der Waals surface area contributed by atoms with Gasteiger partial charge in [0.15, 0.2) is 12.4 Å². The Morgan fingerprint density at radius 1 is 0.900 bits per heavy atom. The summed E-state index contributed by atoms with van der Waals surface area (Å²) < 4.78 is 5.16. The summed E-state index contributed by atoms with van der Waals surface area (Å²) in [5.74, 6) is -0.812. The smallest absolute Gasteiger partial charge is 0.338 e. The lowest BCUT2D eigenvalue weighted by molar-refractivity contribution is 0.0474. The number of hydrogen-bond donors (Lipinski definition) is 2. The largest absolute Gasteiger partial charge is 0.454 e. The summed E-state index contributed by atoms with van der Waals surface area (Å²) in [5.41, 5.74) is 2.85. The van der Waals surface area contributed by atoms with Gasteiger partial charge in [0, 0.05) is 18.2 Å². The molecule has 0 aliphatic rings. The zero-order valence-corrected chi connectivity index (χ0v) is 18.2. The van der Waals surface area contributed by atoms with Crippen molar-refractivity contribution >= 4 is 17.8 Å². The van der Waals surface area contributed by atoms with Crippen LogP contribution >= 0.6 is 0 Å². The average Bonchev–Trinajstić information content (AvgIpc) is 2.69. The van der Waals surface area contributed by atoms with Crippen molar-refractivity contribution < 1.29 is 19.1 Å². The fraction of sp³-hybridized carbons (Fsp3) is 0.375. The van der Waals surface area contributed by atoms with Crippen molar-refractivity contribution in [1.82, 2.24) is 10.6 Å². The molecule has 6 heteroatoms. The molecule has 0 radical (unpaired) electrons. The third kappa shape index (κ3) is 7.03. The molecule has 2 aromatic rings. The molecule has 2 aromatic carbocycles. The molecule has 2 rings (SSSR count). The minimum atomic E-state index is -0.563. The number of carbonyl (C=O) groups is 3. The molecule has 0 heterocycles. The number of hydrogen-bond acceptors (Lipinski definition) is 4. The van der Waals surface area contributed by atoms with E-state index in [-0.39, 0.29) is 29.9 Å². The van der Waals surface area contributed by atoms with E-state index in [1.165, 1.54) is 0 Å². The topological polar surface area (TPSA) is 84.5 Å². The number of rotatable bonds is 7. The first-order chi connectivity index (χ1) is 14.1. The fourth-order valence-electron chi connectivity index (χ4n) is 2.71. The van der Waals surface area contributed by atoms with Gasteiger partial charge in [-0.2, -0.15) is 0 Å². The average molecular weight is 411 g/mol. The molecule has 2 N–H and O–H groups in total. The van der Waals surface area contributed by atoms with E-state index in [4.69, 9.17) is 4.74 Å². The number of carbonyl (C=O) groups excluding carboxylic acids is 3. The van der Waals surface area contributed by atoms with Gasteiger partial charge >= 0.3 is 12.0 Å². The predicted molar refractivity (Wildman–Crippen MR) is 117 cm³/mol. The van der Waals surface area contributed by atoms with Gasteiger partial charge in [0.25, 0.3) is 0 Å². The van der Waals surface area contributed by atoms with Crippen LogP contribution in [0.5, 0.6) is 0 Å². The zero-order valence-electron chi connectivity index (χ0n) is 18.2. The van der Waals surface area contributed by atoms with Gasteiger partial charge in [-0.15, -0.1) is 0 Å². The standard InChI is InChI=1S/C24H30N2O4/c1-16(2)26-23(29)25-14-17-6-8-19(9-7-17)22(28)30-15-21(27)18-10-12-20(13-11-18)24(3,4)5/h6-13,16H,14-15H2,1-5H3,(H2,25,26,29). The first kappa shape index (κ1) is 23.1. The highest BCUT2D eigenvalue weighted by Crippen LogP contribution is 2.22. The van der Waals surface area contributed by atoms with Crippen LogP contribution in [0.15, 0.2) is 48.5 Å². The van der Waals surface area contributed by atoms with Crippen molar-refractivity contribution in [2.45, 2.75) is 52.6 Å². The van der Waals surface area contributed by atoms with Crippen LogP contribution in [0.4, 0.5) is 4.79 Å². The number of urea groups is 1. The van der Waals surface area contributed by atoms with Gasteiger partial charge in [0.2, 0.25) is 0 Å². The van der Waals surface area contributed by atoms with Crippen LogP contribution in [0, 0.1) is 0 Å². The fourth-order valence-corrected chi connectivity index (χ4v) is 2.71. The number of esters is 1. The molecule has 0 saturated heterocycles. The Morgan fingerprint density at radius 3 is 2.00 bits per heavy atom. The maximum Gasteiger partial charge on any atom is 0.338 e. The third-order valence-electron chi connectivity index (χ3n) is 4.47. The third-order valence-corrected chi connectivity index (χ3v) is 4.47. The lowest BCUT2D eigenvalue weighted by Crippen LogP contribution is -2.39. The second kappa shape index (κ2) is 10.1. The Hall–Kier alpha value is -3.15. The second-order valence-electron chi connectivity index (χ2n) is 8.51. The number of ether oxygens (including phenoxy) is 1. The molecule has 0 aliphatic heterocycles.